The Morgan fingerprint density at radius 1 is 0.892 bits per heavy atom. The summed E-state index contributed by atoms with van der Waals surface area (Å²) >= 11 is 1.50. The number of nitrogens with two attached hydrogens (primary N) is 4. The normalized spacial score (nSPS) is 14.9. The molecule has 0 rings (SSSR count). The van der Waals surface area contributed by atoms with Gasteiger partial charge in [0.15, 0.2) is 5.96 Å². The van der Waals surface area contributed by atoms with Crippen molar-refractivity contribution in [2.75, 3.05) is 25.1 Å². The predicted octanol–water partition coefficient (Wildman–Crippen LogP) is -1.17. The van der Waals surface area contributed by atoms with Crippen molar-refractivity contribution in [3.05, 3.63) is 0 Å². The predicted molar refractivity (Wildman–Crippen MR) is 147 cm³/mol. The minimum absolute atomic E-state index is 0.0782. The number of nitrogens with one attached hydrogen (secondary N) is 3. The van der Waals surface area contributed by atoms with Gasteiger partial charge in [0.05, 0.1) is 6.04 Å². The second-order valence-electron chi connectivity index (χ2n) is 8.95. The second-order valence-corrected chi connectivity index (χ2v) is 9.93. The highest BCUT2D eigenvalue weighted by Gasteiger charge is 2.30. The van der Waals surface area contributed by atoms with Crippen LogP contribution in [0.5, 0.6) is 0 Å². The summed E-state index contributed by atoms with van der Waals surface area (Å²) in [7, 11) is 0. The van der Waals surface area contributed by atoms with E-state index >= 15 is 0 Å². The van der Waals surface area contributed by atoms with E-state index in [1.54, 1.807) is 0 Å². The minimum atomic E-state index is -1.18. The molecule has 37 heavy (non-hydrogen) atoms. The number of carboxylic acid groups (broad SMARTS) is 1. The summed E-state index contributed by atoms with van der Waals surface area (Å²) in [4.78, 5) is 54.4. The molecule has 0 aromatic heterocycles. The Morgan fingerprint density at radius 2 is 1.43 bits per heavy atom. The molecule has 3 amide bonds. The van der Waals surface area contributed by atoms with Gasteiger partial charge in [0.2, 0.25) is 17.7 Å². The summed E-state index contributed by atoms with van der Waals surface area (Å²) in [6.45, 7) is 4.40. The Balaban J connectivity index is 5.60. The van der Waals surface area contributed by atoms with Crippen molar-refractivity contribution in [2.45, 2.75) is 83.0 Å². The fourth-order valence-electron chi connectivity index (χ4n) is 3.35. The zero-order chi connectivity index (χ0) is 28.4. The van der Waals surface area contributed by atoms with Crippen LogP contribution in [0.1, 0.15) is 58.8 Å². The molecule has 5 unspecified atom stereocenters. The molecule has 13 nitrogen and oxygen atoms in total. The molecule has 0 saturated carbocycles. The maximum Gasteiger partial charge on any atom is 0.326 e. The molecule has 0 aliphatic heterocycles. The van der Waals surface area contributed by atoms with Gasteiger partial charge in [0.1, 0.15) is 18.1 Å². The number of aliphatic imine (C=N–C) groups is 1. The zero-order valence-electron chi connectivity index (χ0n) is 22.2. The maximum atomic E-state index is 13.2. The summed E-state index contributed by atoms with van der Waals surface area (Å²) in [5.74, 6) is -2.44. The van der Waals surface area contributed by atoms with E-state index in [4.69, 9.17) is 22.9 Å². The molecule has 0 saturated heterocycles. The van der Waals surface area contributed by atoms with Gasteiger partial charge in [-0.25, -0.2) is 4.79 Å². The average molecular weight is 547 g/mol. The molecule has 12 N–H and O–H groups in total. The Morgan fingerprint density at radius 3 is 1.95 bits per heavy atom. The summed E-state index contributed by atoms with van der Waals surface area (Å²) in [6, 6.07) is -3.88. The third-order valence-corrected chi connectivity index (χ3v) is 6.59. The lowest BCUT2D eigenvalue weighted by molar-refractivity contribution is -0.142. The van der Waals surface area contributed by atoms with E-state index in [1.165, 1.54) is 11.8 Å². The molecule has 214 valence electrons. The van der Waals surface area contributed by atoms with Crippen LogP contribution < -0.4 is 38.9 Å². The monoisotopic (exact) mass is 546 g/mol. The van der Waals surface area contributed by atoms with E-state index in [1.807, 2.05) is 20.1 Å². The fraction of sp³-hybridized carbons (Fsp3) is 0.783. The van der Waals surface area contributed by atoms with Crippen molar-refractivity contribution >= 4 is 41.4 Å². The molecule has 0 heterocycles. The third kappa shape index (κ3) is 14.7. The molecule has 0 bridgehead atoms. The molecular weight excluding hydrogens is 500 g/mol. The largest absolute Gasteiger partial charge is 0.480 e. The number of hydrogen-bond donors (Lipinski definition) is 8. The lowest BCUT2D eigenvalue weighted by Crippen LogP contribution is -2.57. The Kier molecular flexibility index (Phi) is 18.2. The number of aliphatic carboxylic acids is 1. The molecule has 0 radical (unpaired) electrons. The van der Waals surface area contributed by atoms with Gasteiger partial charge in [-0.1, -0.05) is 20.3 Å². The molecule has 0 aromatic carbocycles. The van der Waals surface area contributed by atoms with Crippen molar-refractivity contribution < 1.29 is 24.3 Å². The lowest BCUT2D eigenvalue weighted by atomic mass is 9.99. The van der Waals surface area contributed by atoms with Crippen LogP contribution in [-0.4, -0.2) is 84.0 Å². The first-order chi connectivity index (χ1) is 17.5. The molecule has 0 fully saturated rings. The highest BCUT2D eigenvalue weighted by Crippen LogP contribution is 2.09. The summed E-state index contributed by atoms with van der Waals surface area (Å²) in [6.07, 6.45) is 4.74. The van der Waals surface area contributed by atoms with Crippen LogP contribution in [0.15, 0.2) is 4.99 Å². The van der Waals surface area contributed by atoms with Gasteiger partial charge in [-0.2, -0.15) is 11.8 Å². The number of thioether (sulfide) groups is 1. The van der Waals surface area contributed by atoms with Gasteiger partial charge in [0.25, 0.3) is 0 Å². The van der Waals surface area contributed by atoms with E-state index in [9.17, 15) is 24.3 Å². The van der Waals surface area contributed by atoms with Crippen LogP contribution in [0.3, 0.4) is 0 Å². The van der Waals surface area contributed by atoms with Crippen molar-refractivity contribution in [3.63, 3.8) is 0 Å². The van der Waals surface area contributed by atoms with Crippen molar-refractivity contribution in [1.82, 2.24) is 16.0 Å². The Labute approximate surface area is 223 Å². The maximum absolute atomic E-state index is 13.2. The number of carbonyl (C=O) groups is 4. The summed E-state index contributed by atoms with van der Waals surface area (Å²) in [5.41, 5.74) is 22.2. The van der Waals surface area contributed by atoms with Crippen LogP contribution in [0, 0.1) is 5.92 Å². The lowest BCUT2D eigenvalue weighted by Gasteiger charge is -2.26. The van der Waals surface area contributed by atoms with Gasteiger partial charge in [-0.15, -0.1) is 0 Å². The summed E-state index contributed by atoms with van der Waals surface area (Å²) < 4.78 is 0. The fourth-order valence-corrected chi connectivity index (χ4v) is 3.82. The van der Waals surface area contributed by atoms with Crippen molar-refractivity contribution in [2.24, 2.45) is 33.8 Å². The topological polar surface area (TPSA) is 241 Å². The van der Waals surface area contributed by atoms with Gasteiger partial charge in [0, 0.05) is 6.54 Å². The zero-order valence-corrected chi connectivity index (χ0v) is 23.0. The third-order valence-electron chi connectivity index (χ3n) is 5.94. The van der Waals surface area contributed by atoms with Gasteiger partial charge in [-0.3, -0.25) is 19.4 Å². The molecule has 14 heteroatoms. The number of hydrogen-bond acceptors (Lipinski definition) is 8. The number of carboxylic acids is 1. The summed E-state index contributed by atoms with van der Waals surface area (Å²) in [5, 5.41) is 17.4. The highest BCUT2D eigenvalue weighted by molar-refractivity contribution is 7.98. The standard InChI is InChI=1S/C23H46N8O5S/c1-4-14(2)18(25)21(34)30-16(10-13-37-3)20(33)29-15(9-7-12-28-23(26)27)19(32)31-17(22(35)36)8-5-6-11-24/h14-18H,4-13,24-25H2,1-3H3,(H,29,33)(H,30,34)(H,31,32)(H,35,36)(H4,26,27,28). The molecule has 0 aromatic rings. The number of unbranched alkanes of at least 4 members (excludes halogenated alkanes) is 1. The van der Waals surface area contributed by atoms with Crippen LogP contribution in [0.2, 0.25) is 0 Å². The smallest absolute Gasteiger partial charge is 0.326 e. The van der Waals surface area contributed by atoms with Gasteiger partial charge >= 0.3 is 5.97 Å². The molecular formula is C23H46N8O5S. The molecule has 0 aliphatic rings. The van der Waals surface area contributed by atoms with E-state index in [2.05, 4.69) is 20.9 Å². The van der Waals surface area contributed by atoms with Gasteiger partial charge in [-0.05, 0) is 63.0 Å². The first kappa shape index (κ1) is 34.4. The van der Waals surface area contributed by atoms with Crippen LogP contribution >= 0.6 is 11.8 Å². The number of rotatable bonds is 20. The molecule has 5 atom stereocenters. The van der Waals surface area contributed by atoms with Crippen molar-refractivity contribution in [3.8, 4) is 0 Å². The van der Waals surface area contributed by atoms with Crippen LogP contribution in [0.4, 0.5) is 0 Å². The average Bonchev–Trinajstić information content (AvgIpc) is 2.85. The quantitative estimate of drug-likeness (QED) is 0.0517. The Bertz CT molecular complexity index is 751. The van der Waals surface area contributed by atoms with E-state index in [0.29, 0.717) is 44.4 Å². The van der Waals surface area contributed by atoms with Crippen LogP contribution in [-0.2, 0) is 19.2 Å². The first-order valence-corrected chi connectivity index (χ1v) is 14.0. The number of nitrogens with zero attached hydrogens (tertiary/aromatic N) is 1. The highest BCUT2D eigenvalue weighted by atomic mass is 32.2. The SMILES string of the molecule is CCC(C)C(N)C(=O)NC(CCSC)C(=O)NC(CCCN=C(N)N)C(=O)NC(CCCCN)C(=O)O. The van der Waals surface area contributed by atoms with E-state index < -0.39 is 47.9 Å². The Hall–Kier alpha value is -2.58. The number of amides is 3. The van der Waals surface area contributed by atoms with Crippen molar-refractivity contribution in [1.29, 1.82) is 0 Å². The van der Waals surface area contributed by atoms with Crippen LogP contribution in [0.25, 0.3) is 0 Å². The van der Waals surface area contributed by atoms with Gasteiger partial charge < -0.3 is 44.0 Å². The minimum Gasteiger partial charge on any atom is -0.480 e. The van der Waals surface area contributed by atoms with E-state index in [-0.39, 0.29) is 31.3 Å². The molecule has 0 aliphatic carbocycles. The van der Waals surface area contributed by atoms with E-state index in [0.717, 1.165) is 0 Å². The number of guanidine groups is 1. The first-order valence-electron chi connectivity index (χ1n) is 12.6. The number of carbonyl (C=O) groups excluding carboxylic acids is 3. The molecule has 0 spiro atoms. The second kappa shape index (κ2) is 19.5.